The van der Waals surface area contributed by atoms with Crippen molar-refractivity contribution in [3.63, 3.8) is 0 Å². The number of hydrogen-bond donors (Lipinski definition) is 1. The fourth-order valence-electron chi connectivity index (χ4n) is 3.49. The molecule has 2 aromatic carbocycles. The van der Waals surface area contributed by atoms with Crippen molar-refractivity contribution in [2.75, 3.05) is 17.3 Å². The molecular formula is C22H24FN5O2. The molecule has 2 heterocycles. The molecule has 0 spiro atoms. The van der Waals surface area contributed by atoms with Crippen LogP contribution in [0.3, 0.4) is 0 Å². The lowest BCUT2D eigenvalue weighted by Gasteiger charge is -2.22. The van der Waals surface area contributed by atoms with E-state index in [1.54, 1.807) is 43.5 Å². The number of carbonyl (C=O) groups excluding carboxylic acids is 1. The molecule has 1 N–H and O–H groups in total. The summed E-state index contributed by atoms with van der Waals surface area (Å²) in [5.74, 6) is 1.87. The van der Waals surface area contributed by atoms with Gasteiger partial charge in [-0.2, -0.15) is 5.10 Å². The molecule has 3 aromatic rings. The summed E-state index contributed by atoms with van der Waals surface area (Å²) in [4.78, 5) is 19.2. The summed E-state index contributed by atoms with van der Waals surface area (Å²) in [6.45, 7) is 1.03. The predicted molar refractivity (Wildman–Crippen MR) is 112 cm³/mol. The van der Waals surface area contributed by atoms with E-state index in [0.717, 1.165) is 31.6 Å². The first-order chi connectivity index (χ1) is 14.6. The zero-order valence-electron chi connectivity index (χ0n) is 16.8. The van der Waals surface area contributed by atoms with E-state index in [9.17, 15) is 9.18 Å². The number of nitrogens with zero attached hydrogens (tertiary/aromatic N) is 4. The first kappa shape index (κ1) is 19.9. The van der Waals surface area contributed by atoms with Crippen LogP contribution in [-0.4, -0.2) is 27.9 Å². The molecule has 0 fully saturated rings. The minimum Gasteiger partial charge on any atom is -0.497 e. The van der Waals surface area contributed by atoms with Gasteiger partial charge in [0.15, 0.2) is 5.82 Å². The maximum Gasteiger partial charge on any atom is 0.326 e. The third-order valence-electron chi connectivity index (χ3n) is 5.09. The van der Waals surface area contributed by atoms with Gasteiger partial charge in [-0.1, -0.05) is 6.42 Å². The second-order valence-electron chi connectivity index (χ2n) is 7.20. The molecule has 7 nitrogen and oxygen atoms in total. The predicted octanol–water partition coefficient (Wildman–Crippen LogP) is 4.39. The van der Waals surface area contributed by atoms with E-state index >= 15 is 0 Å². The van der Waals surface area contributed by atoms with Gasteiger partial charge in [0.2, 0.25) is 0 Å². The summed E-state index contributed by atoms with van der Waals surface area (Å²) >= 11 is 0. The fraction of sp³-hybridized carbons (Fsp3) is 0.318. The maximum absolute atomic E-state index is 13.4. The molecule has 0 radical (unpaired) electrons. The van der Waals surface area contributed by atoms with Crippen LogP contribution in [0.2, 0.25) is 0 Å². The lowest BCUT2D eigenvalue weighted by molar-refractivity contribution is 0.256. The van der Waals surface area contributed by atoms with Gasteiger partial charge in [0.05, 0.1) is 13.7 Å². The van der Waals surface area contributed by atoms with E-state index in [2.05, 4.69) is 15.4 Å². The van der Waals surface area contributed by atoms with E-state index in [0.29, 0.717) is 22.9 Å². The molecule has 30 heavy (non-hydrogen) atoms. The summed E-state index contributed by atoms with van der Waals surface area (Å²) in [5.41, 5.74) is 1.19. The number of rotatable bonds is 5. The maximum atomic E-state index is 13.4. The minimum atomic E-state index is -0.360. The van der Waals surface area contributed by atoms with E-state index < -0.39 is 0 Å². The molecule has 8 heteroatoms. The lowest BCUT2D eigenvalue weighted by Crippen LogP contribution is -2.35. The van der Waals surface area contributed by atoms with Crippen molar-refractivity contribution < 1.29 is 13.9 Å². The SMILES string of the molecule is COc1ccc(NC(=O)N(Cc2nc3n(n2)CCCCC3)c2ccc(F)cc2)cc1. The molecule has 2 amide bonds. The molecular weight excluding hydrogens is 385 g/mol. The molecule has 0 saturated carbocycles. The second kappa shape index (κ2) is 8.94. The largest absolute Gasteiger partial charge is 0.497 e. The normalized spacial score (nSPS) is 13.3. The van der Waals surface area contributed by atoms with E-state index in [1.165, 1.54) is 23.5 Å². The molecule has 1 aromatic heterocycles. The monoisotopic (exact) mass is 409 g/mol. The smallest absolute Gasteiger partial charge is 0.326 e. The molecule has 0 saturated heterocycles. The Morgan fingerprint density at radius 2 is 1.90 bits per heavy atom. The van der Waals surface area contributed by atoms with Gasteiger partial charge in [0.1, 0.15) is 17.4 Å². The van der Waals surface area contributed by atoms with E-state index in [1.807, 2.05) is 4.68 Å². The topological polar surface area (TPSA) is 72.3 Å². The zero-order chi connectivity index (χ0) is 20.9. The number of methoxy groups -OCH3 is 1. The molecule has 156 valence electrons. The fourth-order valence-corrected chi connectivity index (χ4v) is 3.49. The third kappa shape index (κ3) is 4.59. The van der Waals surface area contributed by atoms with Gasteiger partial charge < -0.3 is 10.1 Å². The molecule has 0 atom stereocenters. The standard InChI is InChI=1S/C22H24FN5O2/c1-30-19-12-8-17(9-13-19)24-22(29)27(18-10-6-16(23)7-11-18)15-20-25-21-5-3-2-4-14-28(21)26-20/h6-13H,2-5,14-15H2,1H3,(H,24,29). The van der Waals surface area contributed by atoms with Gasteiger partial charge in [0, 0.05) is 24.3 Å². The van der Waals surface area contributed by atoms with Crippen molar-refractivity contribution >= 4 is 17.4 Å². The van der Waals surface area contributed by atoms with Crippen LogP contribution in [0.5, 0.6) is 5.75 Å². The second-order valence-corrected chi connectivity index (χ2v) is 7.20. The Hall–Kier alpha value is -3.42. The highest BCUT2D eigenvalue weighted by Crippen LogP contribution is 2.21. The van der Waals surface area contributed by atoms with Crippen LogP contribution in [0.25, 0.3) is 0 Å². The number of ether oxygens (including phenoxy) is 1. The number of urea groups is 1. The van der Waals surface area contributed by atoms with E-state index in [4.69, 9.17) is 4.74 Å². The summed E-state index contributed by atoms with van der Waals surface area (Å²) < 4.78 is 20.5. The average molecular weight is 409 g/mol. The van der Waals surface area contributed by atoms with Crippen LogP contribution in [0.4, 0.5) is 20.6 Å². The molecule has 0 bridgehead atoms. The number of fused-ring (bicyclic) bond motifs is 1. The van der Waals surface area contributed by atoms with Gasteiger partial charge in [-0.05, 0) is 61.4 Å². The van der Waals surface area contributed by atoms with Gasteiger partial charge >= 0.3 is 6.03 Å². The quantitative estimate of drug-likeness (QED) is 0.678. The summed E-state index contributed by atoms with van der Waals surface area (Å²) in [6.07, 6.45) is 4.24. The van der Waals surface area contributed by atoms with Gasteiger partial charge in [-0.15, -0.1) is 0 Å². The van der Waals surface area contributed by atoms with Gasteiger partial charge in [-0.25, -0.2) is 18.9 Å². The molecule has 4 rings (SSSR count). The van der Waals surface area contributed by atoms with Crippen molar-refractivity contribution in [1.29, 1.82) is 0 Å². The number of anilines is 2. The number of benzene rings is 2. The van der Waals surface area contributed by atoms with Crippen LogP contribution in [0.1, 0.15) is 30.9 Å². The first-order valence-corrected chi connectivity index (χ1v) is 10.0. The van der Waals surface area contributed by atoms with Gasteiger partial charge in [-0.3, -0.25) is 4.90 Å². The number of amides is 2. The van der Waals surface area contributed by atoms with E-state index in [-0.39, 0.29) is 18.4 Å². The average Bonchev–Trinajstić information content (AvgIpc) is 3.01. The summed E-state index contributed by atoms with van der Waals surface area (Å²) in [6, 6.07) is 12.5. The Bertz CT molecular complexity index is 978. The van der Waals surface area contributed by atoms with Crippen LogP contribution in [0.15, 0.2) is 48.5 Å². The number of hydrogen-bond acceptors (Lipinski definition) is 4. The van der Waals surface area contributed by atoms with Crippen molar-refractivity contribution in [1.82, 2.24) is 14.8 Å². The Morgan fingerprint density at radius 3 is 2.63 bits per heavy atom. The highest BCUT2D eigenvalue weighted by atomic mass is 19.1. The number of halogens is 1. The lowest BCUT2D eigenvalue weighted by atomic mass is 10.2. The van der Waals surface area contributed by atoms with Gasteiger partial charge in [0.25, 0.3) is 0 Å². The molecule has 1 aliphatic rings. The highest BCUT2D eigenvalue weighted by molar-refractivity contribution is 6.01. The molecule has 0 aliphatic carbocycles. The Balaban J connectivity index is 1.57. The van der Waals surface area contributed by atoms with Crippen LogP contribution in [0, 0.1) is 5.82 Å². The molecule has 1 aliphatic heterocycles. The van der Waals surface area contributed by atoms with Crippen LogP contribution < -0.4 is 15.0 Å². The Kier molecular flexibility index (Phi) is 5.92. The number of aryl methyl sites for hydroxylation is 2. The number of nitrogens with one attached hydrogen (secondary N) is 1. The number of carbonyl (C=O) groups is 1. The molecule has 0 unspecified atom stereocenters. The van der Waals surface area contributed by atoms with Crippen LogP contribution in [-0.2, 0) is 19.5 Å². The van der Waals surface area contributed by atoms with Crippen molar-refractivity contribution in [3.05, 3.63) is 66.0 Å². The Labute approximate surface area is 174 Å². The first-order valence-electron chi connectivity index (χ1n) is 10.0. The summed E-state index contributed by atoms with van der Waals surface area (Å²) in [5, 5.41) is 7.47. The highest BCUT2D eigenvalue weighted by Gasteiger charge is 2.21. The van der Waals surface area contributed by atoms with Crippen molar-refractivity contribution in [2.24, 2.45) is 0 Å². The van der Waals surface area contributed by atoms with Crippen LogP contribution >= 0.6 is 0 Å². The van der Waals surface area contributed by atoms with Crippen molar-refractivity contribution in [3.8, 4) is 5.75 Å². The number of aromatic nitrogens is 3. The Morgan fingerprint density at radius 1 is 1.13 bits per heavy atom. The summed E-state index contributed by atoms with van der Waals surface area (Å²) in [7, 11) is 1.59. The third-order valence-corrected chi connectivity index (χ3v) is 5.09. The minimum absolute atomic E-state index is 0.188. The zero-order valence-corrected chi connectivity index (χ0v) is 16.8. The van der Waals surface area contributed by atoms with Crippen molar-refractivity contribution in [2.45, 2.75) is 38.8 Å².